The highest BCUT2D eigenvalue weighted by Crippen LogP contribution is 2.09. The molecular weight excluding hydrogens is 230 g/mol. The van der Waals surface area contributed by atoms with Crippen molar-refractivity contribution >= 4 is 5.69 Å². The van der Waals surface area contributed by atoms with Crippen molar-refractivity contribution < 1.29 is 0 Å². The van der Waals surface area contributed by atoms with Gasteiger partial charge in [0.05, 0.1) is 0 Å². The molecule has 1 N–H and O–H groups in total. The monoisotopic (exact) mass is 255 g/mol. The summed E-state index contributed by atoms with van der Waals surface area (Å²) in [7, 11) is 1.94. The van der Waals surface area contributed by atoms with Crippen LogP contribution in [0.5, 0.6) is 0 Å². The van der Waals surface area contributed by atoms with Crippen LogP contribution in [0.1, 0.15) is 30.5 Å². The Kier molecular flexibility index (Phi) is 6.73. The molecule has 0 aromatic heterocycles. The number of hydrogen-bond acceptors (Lipinski definition) is 1. The van der Waals surface area contributed by atoms with Gasteiger partial charge in [0, 0.05) is 12.7 Å². The van der Waals surface area contributed by atoms with E-state index in [1.54, 1.807) is 0 Å². The average Bonchev–Trinajstić information content (AvgIpc) is 2.48. The zero-order valence-electron chi connectivity index (χ0n) is 12.5. The molecule has 0 saturated heterocycles. The van der Waals surface area contributed by atoms with Crippen LogP contribution >= 0.6 is 0 Å². The number of nitrogens with one attached hydrogen (secondary N) is 1. The zero-order chi connectivity index (χ0) is 14.1. The standard InChI is InChI=1S/C9H13N.C9H12/c1-3-8-5-4-6-9(7-8)10-2;1-3-9-6-4-5-8(2)7-9/h4-7,10H,3H2,1-2H3;4-7H,3H2,1-2H3. The van der Waals surface area contributed by atoms with Gasteiger partial charge in [-0.05, 0) is 43.0 Å². The number of hydrogen-bond donors (Lipinski definition) is 1. The highest BCUT2D eigenvalue weighted by atomic mass is 14.8. The molecule has 0 aliphatic rings. The predicted molar refractivity (Wildman–Crippen MR) is 85.9 cm³/mol. The van der Waals surface area contributed by atoms with E-state index < -0.39 is 0 Å². The van der Waals surface area contributed by atoms with Gasteiger partial charge in [-0.1, -0.05) is 55.8 Å². The van der Waals surface area contributed by atoms with E-state index in [1.165, 1.54) is 22.4 Å². The molecule has 1 heteroatoms. The third-order valence-corrected chi connectivity index (χ3v) is 3.11. The molecule has 102 valence electrons. The SMILES string of the molecule is CCc1cccc(C)c1.CCc1cccc(NC)c1. The molecular formula is C18H25N. The number of rotatable bonds is 3. The summed E-state index contributed by atoms with van der Waals surface area (Å²) in [5.74, 6) is 0. The highest BCUT2D eigenvalue weighted by molar-refractivity contribution is 5.44. The fourth-order valence-corrected chi connectivity index (χ4v) is 1.88. The summed E-state index contributed by atoms with van der Waals surface area (Å²) >= 11 is 0. The summed E-state index contributed by atoms with van der Waals surface area (Å²) in [6, 6.07) is 17.1. The Hall–Kier alpha value is -1.76. The first-order valence-electron chi connectivity index (χ1n) is 7.01. The molecule has 0 unspecified atom stereocenters. The first kappa shape index (κ1) is 15.3. The van der Waals surface area contributed by atoms with E-state index in [9.17, 15) is 0 Å². The molecule has 0 spiro atoms. The van der Waals surface area contributed by atoms with Crippen molar-refractivity contribution in [3.8, 4) is 0 Å². The van der Waals surface area contributed by atoms with Crippen molar-refractivity contribution in [2.45, 2.75) is 33.6 Å². The lowest BCUT2D eigenvalue weighted by Crippen LogP contribution is -1.88. The van der Waals surface area contributed by atoms with Gasteiger partial charge in [0.2, 0.25) is 0 Å². The van der Waals surface area contributed by atoms with Gasteiger partial charge in [0.1, 0.15) is 0 Å². The van der Waals surface area contributed by atoms with Gasteiger partial charge in [-0.25, -0.2) is 0 Å². The molecule has 2 aromatic rings. The van der Waals surface area contributed by atoms with Crippen LogP contribution in [0, 0.1) is 6.92 Å². The maximum Gasteiger partial charge on any atom is 0.0340 e. The van der Waals surface area contributed by atoms with Crippen LogP contribution in [0.4, 0.5) is 5.69 Å². The van der Waals surface area contributed by atoms with Crippen molar-refractivity contribution in [1.29, 1.82) is 0 Å². The van der Waals surface area contributed by atoms with E-state index in [-0.39, 0.29) is 0 Å². The van der Waals surface area contributed by atoms with E-state index in [4.69, 9.17) is 0 Å². The summed E-state index contributed by atoms with van der Waals surface area (Å²) in [4.78, 5) is 0. The Morgan fingerprint density at radius 1 is 0.842 bits per heavy atom. The zero-order valence-corrected chi connectivity index (χ0v) is 12.5. The molecule has 19 heavy (non-hydrogen) atoms. The molecule has 0 aliphatic heterocycles. The quantitative estimate of drug-likeness (QED) is 0.827. The Labute approximate surface area is 117 Å². The van der Waals surface area contributed by atoms with Gasteiger partial charge in [-0.15, -0.1) is 0 Å². The van der Waals surface area contributed by atoms with Gasteiger partial charge >= 0.3 is 0 Å². The van der Waals surface area contributed by atoms with Crippen LogP contribution in [0.25, 0.3) is 0 Å². The van der Waals surface area contributed by atoms with Crippen molar-refractivity contribution in [2.24, 2.45) is 0 Å². The van der Waals surface area contributed by atoms with Crippen LogP contribution in [-0.2, 0) is 12.8 Å². The second-order valence-corrected chi connectivity index (χ2v) is 4.65. The first-order valence-corrected chi connectivity index (χ1v) is 7.01. The summed E-state index contributed by atoms with van der Waals surface area (Å²) in [6.45, 7) is 6.46. The van der Waals surface area contributed by atoms with Gasteiger partial charge < -0.3 is 5.32 Å². The minimum absolute atomic E-state index is 1.11. The van der Waals surface area contributed by atoms with E-state index in [0.717, 1.165) is 12.8 Å². The lowest BCUT2D eigenvalue weighted by Gasteiger charge is -2.00. The van der Waals surface area contributed by atoms with Crippen LogP contribution in [0.3, 0.4) is 0 Å². The first-order chi connectivity index (χ1) is 9.19. The highest BCUT2D eigenvalue weighted by Gasteiger charge is 1.89. The largest absolute Gasteiger partial charge is 0.388 e. The Morgan fingerprint density at radius 3 is 1.89 bits per heavy atom. The van der Waals surface area contributed by atoms with Crippen LogP contribution < -0.4 is 5.32 Å². The molecule has 0 heterocycles. The second-order valence-electron chi connectivity index (χ2n) is 4.65. The van der Waals surface area contributed by atoms with Gasteiger partial charge in [0.25, 0.3) is 0 Å². The normalized spacial score (nSPS) is 9.47. The summed E-state index contributed by atoms with van der Waals surface area (Å²) < 4.78 is 0. The fraction of sp³-hybridized carbons (Fsp3) is 0.333. The van der Waals surface area contributed by atoms with Crippen molar-refractivity contribution in [3.63, 3.8) is 0 Å². The smallest absolute Gasteiger partial charge is 0.0340 e. The maximum atomic E-state index is 3.10. The third kappa shape index (κ3) is 5.60. The summed E-state index contributed by atoms with van der Waals surface area (Å²) in [5, 5.41) is 3.10. The van der Waals surface area contributed by atoms with E-state index in [2.05, 4.69) is 74.6 Å². The van der Waals surface area contributed by atoms with Gasteiger partial charge in [0.15, 0.2) is 0 Å². The molecule has 2 aromatic carbocycles. The average molecular weight is 255 g/mol. The van der Waals surface area contributed by atoms with Crippen molar-refractivity contribution in [3.05, 3.63) is 65.2 Å². The Bertz CT molecular complexity index is 469. The molecule has 1 nitrogen and oxygen atoms in total. The van der Waals surface area contributed by atoms with Crippen LogP contribution in [-0.4, -0.2) is 7.05 Å². The topological polar surface area (TPSA) is 12.0 Å². The van der Waals surface area contributed by atoms with Crippen LogP contribution in [0.15, 0.2) is 48.5 Å². The molecule has 0 bridgehead atoms. The lowest BCUT2D eigenvalue weighted by molar-refractivity contribution is 1.13. The maximum absolute atomic E-state index is 3.10. The Balaban J connectivity index is 0.000000191. The van der Waals surface area contributed by atoms with Crippen LogP contribution in [0.2, 0.25) is 0 Å². The van der Waals surface area contributed by atoms with E-state index in [0.29, 0.717) is 0 Å². The fourth-order valence-electron chi connectivity index (χ4n) is 1.88. The molecule has 2 rings (SSSR count). The number of aryl methyl sites for hydroxylation is 3. The molecule has 0 radical (unpaired) electrons. The second kappa shape index (κ2) is 8.36. The predicted octanol–water partition coefficient (Wildman–Crippen LogP) is 4.85. The lowest BCUT2D eigenvalue weighted by atomic mass is 10.1. The minimum atomic E-state index is 1.11. The van der Waals surface area contributed by atoms with Gasteiger partial charge in [-0.2, -0.15) is 0 Å². The van der Waals surface area contributed by atoms with E-state index in [1.807, 2.05) is 7.05 Å². The van der Waals surface area contributed by atoms with E-state index >= 15 is 0 Å². The molecule has 0 amide bonds. The Morgan fingerprint density at radius 2 is 1.42 bits per heavy atom. The number of benzene rings is 2. The molecule has 0 aliphatic carbocycles. The number of anilines is 1. The minimum Gasteiger partial charge on any atom is -0.388 e. The molecule has 0 saturated carbocycles. The van der Waals surface area contributed by atoms with Crippen molar-refractivity contribution in [2.75, 3.05) is 12.4 Å². The molecule has 0 fully saturated rings. The summed E-state index contributed by atoms with van der Waals surface area (Å²) in [6.07, 6.45) is 2.25. The van der Waals surface area contributed by atoms with Gasteiger partial charge in [-0.3, -0.25) is 0 Å². The summed E-state index contributed by atoms with van der Waals surface area (Å²) in [5.41, 5.74) is 5.36. The molecule has 0 atom stereocenters. The third-order valence-electron chi connectivity index (χ3n) is 3.11. The van der Waals surface area contributed by atoms with Crippen molar-refractivity contribution in [1.82, 2.24) is 0 Å².